The molecule has 1 aromatic carbocycles. The number of aromatic hydroxyl groups is 1. The Morgan fingerprint density at radius 1 is 1.35 bits per heavy atom. The van der Waals surface area contributed by atoms with E-state index in [0.29, 0.717) is 11.2 Å². The normalized spacial score (nSPS) is 16.0. The van der Waals surface area contributed by atoms with E-state index >= 15 is 0 Å². The van der Waals surface area contributed by atoms with Gasteiger partial charge in [0, 0.05) is 41.8 Å². The third kappa shape index (κ3) is 5.78. The first-order valence-electron chi connectivity index (χ1n) is 10.9. The highest BCUT2D eigenvalue weighted by Crippen LogP contribution is 2.25. The molecule has 0 radical (unpaired) electrons. The van der Waals surface area contributed by atoms with E-state index in [-0.39, 0.29) is 12.5 Å². The van der Waals surface area contributed by atoms with Crippen LogP contribution in [0.5, 0.6) is 5.75 Å². The summed E-state index contributed by atoms with van der Waals surface area (Å²) in [6.07, 6.45) is 8.93. The molecular formula is C23H29BClN5O. The number of phenols is 1. The maximum atomic E-state index is 9.57. The molecule has 1 aliphatic heterocycles. The lowest BCUT2D eigenvalue weighted by atomic mass is 9.51. The summed E-state index contributed by atoms with van der Waals surface area (Å²) in [6, 6.07) is 9.58. The van der Waals surface area contributed by atoms with Gasteiger partial charge in [-0.2, -0.15) is 5.10 Å². The molecule has 3 aromatic rings. The van der Waals surface area contributed by atoms with Crippen molar-refractivity contribution in [1.82, 2.24) is 19.5 Å². The zero-order valence-electron chi connectivity index (χ0n) is 18.2. The van der Waals surface area contributed by atoms with Crippen LogP contribution in [0.15, 0.2) is 42.7 Å². The first-order chi connectivity index (χ1) is 15.1. The van der Waals surface area contributed by atoms with Crippen LogP contribution in [0.25, 0.3) is 16.8 Å². The van der Waals surface area contributed by atoms with Crippen LogP contribution in [0.2, 0.25) is 6.82 Å². The smallest absolute Gasteiger partial charge is 0.319 e. The highest BCUT2D eigenvalue weighted by atomic mass is 35.5. The number of aromatic nitrogens is 3. The number of nitrogens with zero attached hydrogens (tertiary/aromatic N) is 5. The number of alkyl halides is 1. The Morgan fingerprint density at radius 2 is 2.19 bits per heavy atom. The molecule has 1 saturated heterocycles. The Bertz CT molecular complexity index is 1020. The van der Waals surface area contributed by atoms with Gasteiger partial charge in [-0.15, -0.1) is 11.6 Å². The van der Waals surface area contributed by atoms with Crippen LogP contribution in [-0.4, -0.2) is 56.3 Å². The second kappa shape index (κ2) is 11.2. The molecule has 3 heterocycles. The van der Waals surface area contributed by atoms with Crippen molar-refractivity contribution in [3.05, 3.63) is 42.7 Å². The van der Waals surface area contributed by atoms with E-state index in [9.17, 15) is 5.11 Å². The zero-order valence-corrected chi connectivity index (χ0v) is 19.0. The molecular weight excluding hydrogens is 409 g/mol. The first kappa shape index (κ1) is 23.1. The Morgan fingerprint density at radius 3 is 2.90 bits per heavy atom. The number of rotatable bonds is 6. The highest BCUT2D eigenvalue weighted by Gasteiger charge is 2.22. The summed E-state index contributed by atoms with van der Waals surface area (Å²) in [4.78, 5) is 7.05. The number of hydrogen-bond donors (Lipinski definition) is 1. The SMILES string of the molecule is CB(C#N)c1ccn2ncc(-c3cccc(O)c3)c2n1.CCCC1CCCN1CCCl. The molecule has 4 rings (SSSR count). The number of hydrogen-bond acceptors (Lipinski definition) is 5. The molecule has 8 heteroatoms. The van der Waals surface area contributed by atoms with Gasteiger partial charge in [-0.05, 0) is 49.6 Å². The van der Waals surface area contributed by atoms with Crippen LogP contribution in [-0.2, 0) is 0 Å². The van der Waals surface area contributed by atoms with Crippen LogP contribution in [0.4, 0.5) is 0 Å². The van der Waals surface area contributed by atoms with Crippen molar-refractivity contribution in [1.29, 1.82) is 5.26 Å². The van der Waals surface area contributed by atoms with E-state index in [1.165, 1.54) is 32.2 Å². The van der Waals surface area contributed by atoms with Crippen LogP contribution in [0, 0.1) is 11.2 Å². The van der Waals surface area contributed by atoms with Gasteiger partial charge in [0.1, 0.15) is 5.75 Å². The minimum Gasteiger partial charge on any atom is -0.508 e. The van der Waals surface area contributed by atoms with Crippen molar-refractivity contribution < 1.29 is 5.11 Å². The molecule has 1 N–H and O–H groups in total. The summed E-state index contributed by atoms with van der Waals surface area (Å²) in [7, 11) is 0. The molecule has 0 bridgehead atoms. The van der Waals surface area contributed by atoms with E-state index in [1.54, 1.807) is 41.2 Å². The van der Waals surface area contributed by atoms with Crippen LogP contribution in [0.3, 0.4) is 0 Å². The third-order valence-corrected chi connectivity index (χ3v) is 5.85. The number of halogens is 1. The average molecular weight is 438 g/mol. The van der Waals surface area contributed by atoms with Crippen LogP contribution < -0.4 is 5.59 Å². The summed E-state index contributed by atoms with van der Waals surface area (Å²) < 4.78 is 1.66. The van der Waals surface area contributed by atoms with Gasteiger partial charge in [0.2, 0.25) is 0 Å². The maximum Gasteiger partial charge on any atom is 0.319 e. The molecule has 1 atom stereocenters. The first-order valence-corrected chi connectivity index (χ1v) is 11.4. The zero-order chi connectivity index (χ0) is 22.2. The van der Waals surface area contributed by atoms with Gasteiger partial charge < -0.3 is 5.11 Å². The van der Waals surface area contributed by atoms with Crippen molar-refractivity contribution in [2.45, 2.75) is 45.5 Å². The van der Waals surface area contributed by atoms with E-state index in [4.69, 9.17) is 16.9 Å². The van der Waals surface area contributed by atoms with Gasteiger partial charge in [0.25, 0.3) is 0 Å². The predicted octanol–water partition coefficient (Wildman–Crippen LogP) is 3.99. The molecule has 1 unspecified atom stereocenters. The van der Waals surface area contributed by atoms with Crippen molar-refractivity contribution in [2.75, 3.05) is 19.0 Å². The fourth-order valence-electron chi connectivity index (χ4n) is 4.03. The largest absolute Gasteiger partial charge is 0.508 e. The van der Waals surface area contributed by atoms with Gasteiger partial charge in [-0.25, -0.2) is 14.8 Å². The minimum absolute atomic E-state index is 0.198. The summed E-state index contributed by atoms with van der Waals surface area (Å²) in [5.41, 5.74) is 3.05. The second-order valence-electron chi connectivity index (χ2n) is 7.89. The second-order valence-corrected chi connectivity index (χ2v) is 8.27. The molecule has 0 spiro atoms. The van der Waals surface area contributed by atoms with Crippen LogP contribution in [0.1, 0.15) is 32.6 Å². The fraction of sp³-hybridized carbons (Fsp3) is 0.435. The van der Waals surface area contributed by atoms with Crippen molar-refractivity contribution in [3.63, 3.8) is 0 Å². The maximum absolute atomic E-state index is 9.57. The summed E-state index contributed by atoms with van der Waals surface area (Å²) >= 11 is 5.71. The lowest BCUT2D eigenvalue weighted by Crippen LogP contribution is -2.30. The third-order valence-electron chi connectivity index (χ3n) is 5.68. The molecule has 162 valence electrons. The molecule has 2 aromatic heterocycles. The van der Waals surface area contributed by atoms with E-state index in [2.05, 4.69) is 27.9 Å². The lowest BCUT2D eigenvalue weighted by Gasteiger charge is -2.22. The fourth-order valence-corrected chi connectivity index (χ4v) is 4.24. The average Bonchev–Trinajstić information content (AvgIpc) is 3.40. The Labute approximate surface area is 189 Å². The lowest BCUT2D eigenvalue weighted by molar-refractivity contribution is 0.256. The number of nitriles is 1. The van der Waals surface area contributed by atoms with Gasteiger partial charge in [0.05, 0.1) is 6.20 Å². The molecule has 0 amide bonds. The standard InChI is InChI=1S/C14H11BN4O.C9H18ClN/c1-15(9-16)13-5-6-19-14(18-13)12(8-17-19)10-3-2-4-11(20)7-10;1-2-4-9-5-3-7-11(9)8-6-10/h2-8,20H,1H3;9H,2-8H2,1H3. The van der Waals surface area contributed by atoms with Crippen LogP contribution >= 0.6 is 11.6 Å². The summed E-state index contributed by atoms with van der Waals surface area (Å²) in [5.74, 6) is 3.16. The van der Waals surface area contributed by atoms with Gasteiger partial charge in [0.15, 0.2) is 5.65 Å². The summed E-state index contributed by atoms with van der Waals surface area (Å²) in [6.45, 7) is 6.16. The van der Waals surface area contributed by atoms with E-state index in [0.717, 1.165) is 29.6 Å². The Balaban J connectivity index is 0.000000210. The number of fused-ring (bicyclic) bond motifs is 1. The van der Waals surface area contributed by atoms with Gasteiger partial charge >= 0.3 is 6.71 Å². The molecule has 1 aliphatic rings. The number of phenolic OH excluding ortho intramolecular Hbond substituents is 1. The molecule has 6 nitrogen and oxygen atoms in total. The van der Waals surface area contributed by atoms with Crippen molar-refractivity contribution in [2.24, 2.45) is 0 Å². The number of likely N-dealkylation sites (tertiary alicyclic amines) is 1. The highest BCUT2D eigenvalue weighted by molar-refractivity contribution is 6.78. The van der Waals surface area contributed by atoms with E-state index < -0.39 is 0 Å². The van der Waals surface area contributed by atoms with Crippen molar-refractivity contribution in [3.8, 4) is 22.8 Å². The Hall–Kier alpha value is -2.56. The molecule has 1 fully saturated rings. The predicted molar refractivity (Wildman–Crippen MR) is 127 cm³/mol. The monoisotopic (exact) mass is 437 g/mol. The topological polar surface area (TPSA) is 77.5 Å². The minimum atomic E-state index is -0.271. The van der Waals surface area contributed by atoms with Gasteiger partial charge in [-0.3, -0.25) is 4.90 Å². The molecule has 31 heavy (non-hydrogen) atoms. The quantitative estimate of drug-likeness (QED) is 0.466. The van der Waals surface area contributed by atoms with Crippen molar-refractivity contribution >= 4 is 29.6 Å². The number of benzene rings is 1. The Kier molecular flexibility index (Phi) is 8.33. The summed E-state index contributed by atoms with van der Waals surface area (Å²) in [5, 5.41) is 22.8. The molecule has 0 aliphatic carbocycles. The molecule has 0 saturated carbocycles. The van der Waals surface area contributed by atoms with E-state index in [1.807, 2.05) is 12.9 Å². The van der Waals surface area contributed by atoms with Gasteiger partial charge in [-0.1, -0.05) is 32.3 Å².